The Morgan fingerprint density at radius 1 is 1.56 bits per heavy atom. The number of amides is 1. The smallest absolute Gasteiger partial charge is 0.346 e. The van der Waals surface area contributed by atoms with E-state index in [1.807, 2.05) is 17.1 Å². The molecule has 0 aromatic rings. The molecular formula is C10H19ClF3N3O. The third-order valence-electron chi connectivity index (χ3n) is 2.91. The summed E-state index contributed by atoms with van der Waals surface area (Å²) < 4.78 is 35.6. The quantitative estimate of drug-likeness (QED) is 0.803. The summed E-state index contributed by atoms with van der Waals surface area (Å²) in [7, 11) is 0. The van der Waals surface area contributed by atoms with Gasteiger partial charge in [0.05, 0.1) is 6.54 Å². The van der Waals surface area contributed by atoms with Crippen molar-refractivity contribution in [2.45, 2.75) is 25.6 Å². The van der Waals surface area contributed by atoms with Crippen LogP contribution in [0.5, 0.6) is 0 Å². The topological polar surface area (TPSA) is 58.4 Å². The molecular weight excluding hydrogens is 271 g/mol. The average molecular weight is 290 g/mol. The predicted molar refractivity (Wildman–Crippen MR) is 64.5 cm³/mol. The minimum Gasteiger partial charge on any atom is -0.346 e. The van der Waals surface area contributed by atoms with E-state index in [1.165, 1.54) is 0 Å². The number of rotatable bonds is 4. The van der Waals surface area contributed by atoms with Gasteiger partial charge < -0.3 is 11.1 Å². The van der Waals surface area contributed by atoms with Crippen LogP contribution in [0.3, 0.4) is 0 Å². The summed E-state index contributed by atoms with van der Waals surface area (Å²) in [6.45, 7) is 2.04. The van der Waals surface area contributed by atoms with Crippen molar-refractivity contribution >= 4 is 18.3 Å². The minimum atomic E-state index is -4.35. The molecule has 108 valence electrons. The minimum absolute atomic E-state index is 0. The van der Waals surface area contributed by atoms with Crippen molar-refractivity contribution in [1.82, 2.24) is 10.2 Å². The number of carbonyl (C=O) groups is 1. The first kappa shape index (κ1) is 17.5. The van der Waals surface area contributed by atoms with Crippen molar-refractivity contribution in [3.63, 3.8) is 0 Å². The number of nitrogens with one attached hydrogen (secondary N) is 1. The Bertz CT molecular complexity index is 274. The molecule has 0 aliphatic carbocycles. The molecule has 1 fully saturated rings. The van der Waals surface area contributed by atoms with Crippen LogP contribution in [0.25, 0.3) is 0 Å². The Morgan fingerprint density at radius 2 is 2.17 bits per heavy atom. The van der Waals surface area contributed by atoms with Gasteiger partial charge in [0.15, 0.2) is 0 Å². The van der Waals surface area contributed by atoms with Gasteiger partial charge in [-0.2, -0.15) is 13.2 Å². The highest BCUT2D eigenvalue weighted by Crippen LogP contribution is 2.18. The third kappa shape index (κ3) is 6.42. The van der Waals surface area contributed by atoms with Gasteiger partial charge in [0, 0.05) is 12.6 Å². The van der Waals surface area contributed by atoms with Gasteiger partial charge in [-0.15, -0.1) is 12.4 Å². The molecule has 1 amide bonds. The van der Waals surface area contributed by atoms with Crippen LogP contribution < -0.4 is 11.1 Å². The average Bonchev–Trinajstić information content (AvgIpc) is 2.62. The molecule has 0 aromatic carbocycles. The van der Waals surface area contributed by atoms with Crippen LogP contribution in [0, 0.1) is 5.92 Å². The van der Waals surface area contributed by atoms with Crippen LogP contribution in [0.2, 0.25) is 0 Å². The Labute approximate surface area is 110 Å². The molecule has 1 saturated heterocycles. The molecule has 2 unspecified atom stereocenters. The molecule has 0 bridgehead atoms. The lowest BCUT2D eigenvalue weighted by Crippen LogP contribution is -2.41. The second-order valence-electron chi connectivity index (χ2n) is 4.53. The highest BCUT2D eigenvalue weighted by Gasteiger charge is 2.29. The standard InChI is InChI=1S/C10H18F3N3O.ClH/c1-7(14)8-2-3-16(4-8)5-9(17)15-6-10(11,12)13;/h7-8H,2-6,14H2,1H3,(H,15,17);1H. The van der Waals surface area contributed by atoms with Crippen LogP contribution in [-0.2, 0) is 4.79 Å². The highest BCUT2D eigenvalue weighted by atomic mass is 35.5. The summed E-state index contributed by atoms with van der Waals surface area (Å²) in [6, 6.07) is 0.0539. The van der Waals surface area contributed by atoms with Crippen molar-refractivity contribution in [3.05, 3.63) is 0 Å². The van der Waals surface area contributed by atoms with E-state index >= 15 is 0 Å². The van der Waals surface area contributed by atoms with Crippen LogP contribution in [0.4, 0.5) is 13.2 Å². The number of alkyl halides is 3. The Balaban J connectivity index is 0.00000289. The molecule has 0 radical (unpaired) electrons. The fourth-order valence-corrected chi connectivity index (χ4v) is 1.89. The lowest BCUT2D eigenvalue weighted by molar-refractivity contribution is -0.138. The number of likely N-dealkylation sites (tertiary alicyclic amines) is 1. The summed E-state index contributed by atoms with van der Waals surface area (Å²) in [5, 5.41) is 1.86. The van der Waals surface area contributed by atoms with E-state index in [9.17, 15) is 18.0 Å². The number of nitrogens with zero attached hydrogens (tertiary/aromatic N) is 1. The van der Waals surface area contributed by atoms with Crippen molar-refractivity contribution in [2.75, 3.05) is 26.2 Å². The molecule has 1 aliphatic heterocycles. The molecule has 0 saturated carbocycles. The maximum absolute atomic E-state index is 11.9. The molecule has 1 aliphatic rings. The van der Waals surface area contributed by atoms with E-state index < -0.39 is 18.6 Å². The monoisotopic (exact) mass is 289 g/mol. The fourth-order valence-electron chi connectivity index (χ4n) is 1.89. The number of hydrogen-bond donors (Lipinski definition) is 2. The van der Waals surface area contributed by atoms with Crippen molar-refractivity contribution in [2.24, 2.45) is 11.7 Å². The van der Waals surface area contributed by atoms with Gasteiger partial charge in [0.1, 0.15) is 6.54 Å². The van der Waals surface area contributed by atoms with Crippen LogP contribution >= 0.6 is 12.4 Å². The number of hydrogen-bond acceptors (Lipinski definition) is 3. The SMILES string of the molecule is CC(N)C1CCN(CC(=O)NCC(F)(F)F)C1.Cl. The lowest BCUT2D eigenvalue weighted by Gasteiger charge is -2.17. The molecule has 2 atom stereocenters. The fraction of sp³-hybridized carbons (Fsp3) is 0.900. The third-order valence-corrected chi connectivity index (χ3v) is 2.91. The second-order valence-corrected chi connectivity index (χ2v) is 4.53. The first-order valence-corrected chi connectivity index (χ1v) is 5.59. The van der Waals surface area contributed by atoms with E-state index in [0.29, 0.717) is 19.0 Å². The Morgan fingerprint density at radius 3 is 2.61 bits per heavy atom. The van der Waals surface area contributed by atoms with Gasteiger partial charge in [-0.25, -0.2) is 0 Å². The van der Waals surface area contributed by atoms with Crippen molar-refractivity contribution < 1.29 is 18.0 Å². The van der Waals surface area contributed by atoms with Gasteiger partial charge in [0.2, 0.25) is 5.91 Å². The van der Waals surface area contributed by atoms with Gasteiger partial charge in [-0.1, -0.05) is 0 Å². The first-order valence-electron chi connectivity index (χ1n) is 5.59. The molecule has 1 rings (SSSR count). The molecule has 8 heteroatoms. The number of carbonyl (C=O) groups excluding carboxylic acids is 1. The van der Waals surface area contributed by atoms with E-state index in [2.05, 4.69) is 0 Å². The Hall–Kier alpha value is -0.530. The zero-order valence-electron chi connectivity index (χ0n) is 10.2. The van der Waals surface area contributed by atoms with Crippen LogP contribution in [0.15, 0.2) is 0 Å². The van der Waals surface area contributed by atoms with Crippen LogP contribution in [-0.4, -0.2) is 49.2 Å². The van der Waals surface area contributed by atoms with E-state index in [1.54, 1.807) is 0 Å². The number of halogens is 4. The summed E-state index contributed by atoms with van der Waals surface area (Å²) >= 11 is 0. The predicted octanol–water partition coefficient (Wildman–Crippen LogP) is 0.756. The van der Waals surface area contributed by atoms with E-state index in [0.717, 1.165) is 6.42 Å². The molecule has 0 spiro atoms. The Kier molecular flexibility index (Phi) is 6.94. The van der Waals surface area contributed by atoms with E-state index in [-0.39, 0.29) is 25.0 Å². The van der Waals surface area contributed by atoms with Gasteiger partial charge in [-0.05, 0) is 25.8 Å². The molecule has 4 nitrogen and oxygen atoms in total. The normalized spacial score (nSPS) is 22.4. The van der Waals surface area contributed by atoms with Gasteiger partial charge in [-0.3, -0.25) is 9.69 Å². The molecule has 3 N–H and O–H groups in total. The van der Waals surface area contributed by atoms with Crippen molar-refractivity contribution in [3.8, 4) is 0 Å². The molecule has 1 heterocycles. The highest BCUT2D eigenvalue weighted by molar-refractivity contribution is 5.85. The zero-order chi connectivity index (χ0) is 13.1. The molecule has 0 aromatic heterocycles. The van der Waals surface area contributed by atoms with Crippen LogP contribution in [0.1, 0.15) is 13.3 Å². The maximum Gasteiger partial charge on any atom is 0.405 e. The molecule has 18 heavy (non-hydrogen) atoms. The second kappa shape index (κ2) is 7.16. The summed E-state index contributed by atoms with van der Waals surface area (Å²) in [5.74, 6) is -0.266. The summed E-state index contributed by atoms with van der Waals surface area (Å²) in [5.41, 5.74) is 5.73. The van der Waals surface area contributed by atoms with E-state index in [4.69, 9.17) is 5.73 Å². The lowest BCUT2D eigenvalue weighted by atomic mass is 10.0. The summed E-state index contributed by atoms with van der Waals surface area (Å²) in [6.07, 6.45) is -3.46. The van der Waals surface area contributed by atoms with Gasteiger partial charge in [0.25, 0.3) is 0 Å². The van der Waals surface area contributed by atoms with Crippen molar-refractivity contribution in [1.29, 1.82) is 0 Å². The van der Waals surface area contributed by atoms with Gasteiger partial charge >= 0.3 is 6.18 Å². The number of nitrogens with two attached hydrogens (primary N) is 1. The zero-order valence-corrected chi connectivity index (χ0v) is 11.0. The first-order chi connectivity index (χ1) is 7.78. The summed E-state index contributed by atoms with van der Waals surface area (Å²) in [4.78, 5) is 13.1. The maximum atomic E-state index is 11.9. The largest absolute Gasteiger partial charge is 0.405 e.